The lowest BCUT2D eigenvalue weighted by atomic mass is 10.1. The second kappa shape index (κ2) is 4.44. The third kappa shape index (κ3) is 2.20. The summed E-state index contributed by atoms with van der Waals surface area (Å²) in [6, 6.07) is 3.84. The SMILES string of the molecule is Cc1cc(Br)cc(C)c1[N+]#N.[Cl-]. The van der Waals surface area contributed by atoms with Crippen molar-refractivity contribution in [3.05, 3.63) is 32.7 Å². The maximum absolute atomic E-state index is 8.60. The zero-order valence-electron chi connectivity index (χ0n) is 6.81. The number of rotatable bonds is 0. The van der Waals surface area contributed by atoms with Crippen molar-refractivity contribution in [1.29, 1.82) is 5.39 Å². The van der Waals surface area contributed by atoms with Gasteiger partial charge in [0.05, 0.1) is 0 Å². The van der Waals surface area contributed by atoms with Gasteiger partial charge in [-0.1, -0.05) is 15.9 Å². The highest BCUT2D eigenvalue weighted by Gasteiger charge is 2.14. The van der Waals surface area contributed by atoms with Crippen LogP contribution in [-0.4, -0.2) is 0 Å². The zero-order valence-corrected chi connectivity index (χ0v) is 9.15. The van der Waals surface area contributed by atoms with Crippen LogP contribution in [-0.2, 0) is 0 Å². The second-order valence-corrected chi connectivity index (χ2v) is 3.40. The smallest absolute Gasteiger partial charge is 0.390 e. The van der Waals surface area contributed by atoms with Crippen molar-refractivity contribution in [3.8, 4) is 0 Å². The number of hydrogen-bond acceptors (Lipinski definition) is 1. The zero-order chi connectivity index (χ0) is 8.43. The molecule has 0 atom stereocenters. The Morgan fingerprint density at radius 1 is 1.25 bits per heavy atom. The lowest BCUT2D eigenvalue weighted by Crippen LogP contribution is -3.00. The molecule has 0 aromatic heterocycles. The van der Waals surface area contributed by atoms with Crippen molar-refractivity contribution in [3.63, 3.8) is 0 Å². The van der Waals surface area contributed by atoms with Crippen molar-refractivity contribution in [2.45, 2.75) is 13.8 Å². The van der Waals surface area contributed by atoms with Gasteiger partial charge in [-0.25, -0.2) is 0 Å². The van der Waals surface area contributed by atoms with Crippen LogP contribution >= 0.6 is 15.9 Å². The first-order chi connectivity index (χ1) is 5.15. The summed E-state index contributed by atoms with van der Waals surface area (Å²) in [6.07, 6.45) is 0. The molecule has 1 aromatic carbocycles. The van der Waals surface area contributed by atoms with Crippen molar-refractivity contribution < 1.29 is 12.4 Å². The Morgan fingerprint density at radius 3 is 2.00 bits per heavy atom. The minimum absolute atomic E-state index is 0. The van der Waals surface area contributed by atoms with Gasteiger partial charge < -0.3 is 12.4 Å². The quantitative estimate of drug-likeness (QED) is 0.616. The maximum atomic E-state index is 8.60. The van der Waals surface area contributed by atoms with E-state index in [0.717, 1.165) is 15.6 Å². The highest BCUT2D eigenvalue weighted by molar-refractivity contribution is 9.10. The molecule has 0 saturated heterocycles. The Kier molecular flexibility index (Phi) is 4.22. The van der Waals surface area contributed by atoms with E-state index in [2.05, 4.69) is 20.9 Å². The van der Waals surface area contributed by atoms with Crippen LogP contribution in [0.3, 0.4) is 0 Å². The second-order valence-electron chi connectivity index (χ2n) is 2.49. The van der Waals surface area contributed by atoms with E-state index < -0.39 is 0 Å². The van der Waals surface area contributed by atoms with Crippen LogP contribution in [0.4, 0.5) is 5.69 Å². The molecule has 64 valence electrons. The van der Waals surface area contributed by atoms with Crippen LogP contribution in [0.2, 0.25) is 0 Å². The molecule has 0 aliphatic carbocycles. The van der Waals surface area contributed by atoms with Gasteiger partial charge >= 0.3 is 5.69 Å². The van der Waals surface area contributed by atoms with Crippen molar-refractivity contribution in [2.24, 2.45) is 0 Å². The van der Waals surface area contributed by atoms with Crippen LogP contribution in [0, 0.1) is 19.2 Å². The van der Waals surface area contributed by atoms with E-state index in [9.17, 15) is 0 Å². The molecule has 0 amide bonds. The number of halogens is 2. The number of benzene rings is 1. The van der Waals surface area contributed by atoms with Gasteiger partial charge in [0.25, 0.3) is 0 Å². The third-order valence-electron chi connectivity index (χ3n) is 1.56. The van der Waals surface area contributed by atoms with E-state index in [1.165, 1.54) is 0 Å². The van der Waals surface area contributed by atoms with Gasteiger partial charge in [0.1, 0.15) is 0 Å². The molecule has 0 heterocycles. The van der Waals surface area contributed by atoms with Crippen LogP contribution in [0.1, 0.15) is 11.1 Å². The summed E-state index contributed by atoms with van der Waals surface area (Å²) in [5.41, 5.74) is 2.60. The van der Waals surface area contributed by atoms with Crippen molar-refractivity contribution in [2.75, 3.05) is 0 Å². The fraction of sp³-hybridized carbons (Fsp3) is 0.250. The Bertz CT molecular complexity index is 307. The minimum Gasteiger partial charge on any atom is -1.00 e. The number of diazo groups is 1. The fourth-order valence-corrected chi connectivity index (χ4v) is 1.75. The van der Waals surface area contributed by atoms with Gasteiger partial charge in [0.2, 0.25) is 5.39 Å². The van der Waals surface area contributed by atoms with Gasteiger partial charge in [-0.2, -0.15) is 0 Å². The Labute approximate surface area is 86.1 Å². The molecule has 0 spiro atoms. The summed E-state index contributed by atoms with van der Waals surface area (Å²) in [7, 11) is 0. The predicted molar refractivity (Wildman–Crippen MR) is 48.4 cm³/mol. The van der Waals surface area contributed by atoms with Crippen molar-refractivity contribution in [1.82, 2.24) is 0 Å². The van der Waals surface area contributed by atoms with Gasteiger partial charge in [-0.3, -0.25) is 0 Å². The molecule has 1 aromatic rings. The monoisotopic (exact) mass is 246 g/mol. The highest BCUT2D eigenvalue weighted by Crippen LogP contribution is 2.27. The van der Waals surface area contributed by atoms with Crippen LogP contribution in [0.15, 0.2) is 16.6 Å². The molecule has 0 unspecified atom stereocenters. The fourth-order valence-electron chi connectivity index (χ4n) is 1.06. The van der Waals surface area contributed by atoms with E-state index in [1.807, 2.05) is 26.0 Å². The third-order valence-corrected chi connectivity index (χ3v) is 2.01. The summed E-state index contributed by atoms with van der Waals surface area (Å²) in [6.45, 7) is 3.82. The van der Waals surface area contributed by atoms with E-state index >= 15 is 0 Å². The molecule has 0 aliphatic rings. The standard InChI is InChI=1S/C8H8BrN2.ClH/c1-5-3-7(9)4-6(2)8(5)11-10;/h3-4H,1-2H3;1H/q+1;/p-1. The number of hydrogen-bond donors (Lipinski definition) is 0. The molecule has 12 heavy (non-hydrogen) atoms. The van der Waals surface area contributed by atoms with Gasteiger partial charge in [-0.15, -0.1) is 0 Å². The van der Waals surface area contributed by atoms with Gasteiger partial charge in [-0.05, 0) is 26.0 Å². The summed E-state index contributed by atoms with van der Waals surface area (Å²) in [5, 5.41) is 8.60. The van der Waals surface area contributed by atoms with E-state index in [0.29, 0.717) is 5.69 Å². The topological polar surface area (TPSA) is 28.1 Å². The Balaban J connectivity index is 0.00000121. The molecule has 0 radical (unpaired) electrons. The van der Waals surface area contributed by atoms with E-state index in [4.69, 9.17) is 5.39 Å². The summed E-state index contributed by atoms with van der Waals surface area (Å²) in [4.78, 5) is 3.19. The lowest BCUT2D eigenvalue weighted by Gasteiger charge is -1.93. The summed E-state index contributed by atoms with van der Waals surface area (Å²) < 4.78 is 1.01. The van der Waals surface area contributed by atoms with Gasteiger partial charge in [0.15, 0.2) is 4.98 Å². The Morgan fingerprint density at radius 2 is 1.67 bits per heavy atom. The summed E-state index contributed by atoms with van der Waals surface area (Å²) >= 11 is 3.35. The van der Waals surface area contributed by atoms with Gasteiger partial charge in [0, 0.05) is 15.6 Å². The summed E-state index contributed by atoms with van der Waals surface area (Å²) in [5.74, 6) is 0. The molecule has 0 fully saturated rings. The van der Waals surface area contributed by atoms with Crippen LogP contribution < -0.4 is 12.4 Å². The van der Waals surface area contributed by atoms with Crippen LogP contribution in [0.5, 0.6) is 0 Å². The Hall–Kier alpha value is -0.590. The van der Waals surface area contributed by atoms with Crippen molar-refractivity contribution >= 4 is 21.6 Å². The largest absolute Gasteiger partial charge is 1.00 e. The minimum atomic E-state index is 0. The normalized spacial score (nSPS) is 8.50. The first kappa shape index (κ1) is 11.4. The molecule has 1 rings (SSSR count). The highest BCUT2D eigenvalue weighted by atomic mass is 79.9. The molecule has 0 bridgehead atoms. The van der Waals surface area contributed by atoms with Crippen LogP contribution in [0.25, 0.3) is 4.98 Å². The number of nitrogens with zero attached hydrogens (tertiary/aromatic N) is 2. The average Bonchev–Trinajstić information content (AvgIpc) is 1.85. The molecule has 4 heteroatoms. The molecule has 0 N–H and O–H groups in total. The van der Waals surface area contributed by atoms with E-state index in [1.54, 1.807) is 0 Å². The predicted octanol–water partition coefficient (Wildman–Crippen LogP) is 0.555. The lowest BCUT2D eigenvalue weighted by molar-refractivity contribution is -0.00000250. The first-order valence-corrected chi connectivity index (χ1v) is 4.06. The molecule has 0 aliphatic heterocycles. The molecule has 2 nitrogen and oxygen atoms in total. The first-order valence-electron chi connectivity index (χ1n) is 3.27. The number of aryl methyl sites for hydroxylation is 2. The maximum Gasteiger partial charge on any atom is 0.390 e. The molecular weight excluding hydrogens is 239 g/mol. The average molecular weight is 248 g/mol. The molecule has 0 saturated carbocycles. The molecular formula is C8H8BrClN2. The van der Waals surface area contributed by atoms with E-state index in [-0.39, 0.29) is 12.4 Å².